The van der Waals surface area contributed by atoms with E-state index in [0.29, 0.717) is 0 Å². The van der Waals surface area contributed by atoms with Gasteiger partial charge in [-0.05, 0) is 50.3 Å². The van der Waals surface area contributed by atoms with Gasteiger partial charge >= 0.3 is 5.97 Å². The van der Waals surface area contributed by atoms with Crippen LogP contribution in [-0.4, -0.2) is 20.9 Å². The zero-order chi connectivity index (χ0) is 15.0. The van der Waals surface area contributed by atoms with Crippen molar-refractivity contribution < 1.29 is 9.90 Å². The number of aromatic carboxylic acids is 1. The lowest BCUT2D eigenvalue weighted by atomic mass is 10.1. The largest absolute Gasteiger partial charge is 0.476 e. The minimum atomic E-state index is -0.931. The second kappa shape index (κ2) is 5.64. The van der Waals surface area contributed by atoms with Gasteiger partial charge in [0.25, 0.3) is 0 Å². The van der Waals surface area contributed by atoms with E-state index in [1.54, 1.807) is 0 Å². The molecule has 1 aliphatic carbocycles. The third kappa shape index (κ3) is 2.62. The molecule has 0 saturated heterocycles. The van der Waals surface area contributed by atoms with Crippen LogP contribution in [0.5, 0.6) is 0 Å². The van der Waals surface area contributed by atoms with Gasteiger partial charge in [-0.2, -0.15) is 5.10 Å². The molecule has 0 bridgehead atoms. The molecule has 1 aromatic carbocycles. The van der Waals surface area contributed by atoms with Gasteiger partial charge in [0, 0.05) is 15.7 Å². The van der Waals surface area contributed by atoms with Crippen LogP contribution in [0.25, 0.3) is 5.69 Å². The number of hydrogen-bond acceptors (Lipinski definition) is 2. The summed E-state index contributed by atoms with van der Waals surface area (Å²) in [4.78, 5) is 11.5. The van der Waals surface area contributed by atoms with Crippen molar-refractivity contribution in [2.24, 2.45) is 0 Å². The Hall–Kier alpha value is -1.62. The molecular formula is C16H17BrN2O2. The zero-order valence-corrected chi connectivity index (χ0v) is 13.5. The number of fused-ring (bicyclic) bond motifs is 1. The monoisotopic (exact) mass is 348 g/mol. The lowest BCUT2D eigenvalue weighted by Crippen LogP contribution is -2.05. The van der Waals surface area contributed by atoms with Gasteiger partial charge in [0.1, 0.15) is 0 Å². The first-order valence-electron chi connectivity index (χ1n) is 7.18. The SMILES string of the molecule is Cc1ccc(Br)cc1-n1nc(C(=O)O)c2c1CCCCC2. The molecule has 0 spiro atoms. The van der Waals surface area contributed by atoms with Crippen LogP contribution in [0, 0.1) is 6.92 Å². The molecule has 110 valence electrons. The predicted octanol–water partition coefficient (Wildman–Crippen LogP) is 3.91. The molecule has 2 aromatic rings. The molecule has 5 heteroatoms. The Bertz CT molecular complexity index is 707. The van der Waals surface area contributed by atoms with E-state index in [0.717, 1.165) is 59.1 Å². The number of carbonyl (C=O) groups is 1. The highest BCUT2D eigenvalue weighted by Crippen LogP contribution is 2.28. The van der Waals surface area contributed by atoms with E-state index < -0.39 is 5.97 Å². The third-order valence-electron chi connectivity index (χ3n) is 4.03. The highest BCUT2D eigenvalue weighted by atomic mass is 79.9. The molecule has 0 fully saturated rings. The fourth-order valence-corrected chi connectivity index (χ4v) is 3.31. The summed E-state index contributed by atoms with van der Waals surface area (Å²) in [5.41, 5.74) is 4.23. The first kappa shape index (κ1) is 14.3. The summed E-state index contributed by atoms with van der Waals surface area (Å²) in [6.45, 7) is 2.02. The van der Waals surface area contributed by atoms with Gasteiger partial charge in [0.15, 0.2) is 5.69 Å². The lowest BCUT2D eigenvalue weighted by Gasteiger charge is -2.11. The van der Waals surface area contributed by atoms with Crippen molar-refractivity contribution in [2.45, 2.75) is 39.0 Å². The molecule has 1 N–H and O–H groups in total. The smallest absolute Gasteiger partial charge is 0.356 e. The molecule has 4 nitrogen and oxygen atoms in total. The van der Waals surface area contributed by atoms with Crippen molar-refractivity contribution >= 4 is 21.9 Å². The van der Waals surface area contributed by atoms with Crippen LogP contribution < -0.4 is 0 Å². The Morgan fingerprint density at radius 3 is 2.81 bits per heavy atom. The summed E-state index contributed by atoms with van der Waals surface area (Å²) < 4.78 is 2.81. The van der Waals surface area contributed by atoms with E-state index in [9.17, 15) is 9.90 Å². The number of benzene rings is 1. The molecule has 1 aromatic heterocycles. The Balaban J connectivity index is 2.23. The van der Waals surface area contributed by atoms with Gasteiger partial charge in [-0.15, -0.1) is 0 Å². The van der Waals surface area contributed by atoms with Crippen molar-refractivity contribution in [2.75, 3.05) is 0 Å². The molecule has 0 aliphatic heterocycles. The highest BCUT2D eigenvalue weighted by molar-refractivity contribution is 9.10. The van der Waals surface area contributed by atoms with E-state index in [1.165, 1.54) is 0 Å². The number of rotatable bonds is 2. The van der Waals surface area contributed by atoms with Gasteiger partial charge < -0.3 is 5.11 Å². The van der Waals surface area contributed by atoms with Crippen molar-refractivity contribution in [3.63, 3.8) is 0 Å². The normalized spacial score (nSPS) is 14.6. The van der Waals surface area contributed by atoms with Gasteiger partial charge in [-0.3, -0.25) is 0 Å². The molecule has 0 unspecified atom stereocenters. The Labute approximate surface area is 131 Å². The average Bonchev–Trinajstić information content (AvgIpc) is 2.64. The summed E-state index contributed by atoms with van der Waals surface area (Å²) in [5, 5.41) is 13.8. The summed E-state index contributed by atoms with van der Waals surface area (Å²) >= 11 is 3.48. The van der Waals surface area contributed by atoms with Crippen LogP contribution in [0.15, 0.2) is 22.7 Å². The zero-order valence-electron chi connectivity index (χ0n) is 11.9. The second-order valence-corrected chi connectivity index (χ2v) is 6.40. The lowest BCUT2D eigenvalue weighted by molar-refractivity contribution is 0.0688. The van der Waals surface area contributed by atoms with Gasteiger partial charge in [-0.25, -0.2) is 9.48 Å². The number of aryl methyl sites for hydroxylation is 1. The Kier molecular flexibility index (Phi) is 3.85. The Morgan fingerprint density at radius 1 is 1.29 bits per heavy atom. The molecule has 21 heavy (non-hydrogen) atoms. The maximum absolute atomic E-state index is 11.5. The fraction of sp³-hybridized carbons (Fsp3) is 0.375. The van der Waals surface area contributed by atoms with E-state index >= 15 is 0 Å². The van der Waals surface area contributed by atoms with Crippen LogP contribution in [0.4, 0.5) is 0 Å². The molecular weight excluding hydrogens is 332 g/mol. The minimum absolute atomic E-state index is 0.214. The highest BCUT2D eigenvalue weighted by Gasteiger charge is 2.24. The van der Waals surface area contributed by atoms with Crippen molar-refractivity contribution in [1.82, 2.24) is 9.78 Å². The van der Waals surface area contributed by atoms with Crippen LogP contribution in [0.2, 0.25) is 0 Å². The van der Waals surface area contributed by atoms with E-state index in [2.05, 4.69) is 21.0 Å². The molecule has 0 atom stereocenters. The number of aromatic nitrogens is 2. The topological polar surface area (TPSA) is 55.1 Å². The number of carboxylic acid groups (broad SMARTS) is 1. The third-order valence-corrected chi connectivity index (χ3v) is 4.53. The Morgan fingerprint density at radius 2 is 2.05 bits per heavy atom. The van der Waals surface area contributed by atoms with Gasteiger partial charge in [0.05, 0.1) is 5.69 Å². The van der Waals surface area contributed by atoms with Crippen LogP contribution in [-0.2, 0) is 12.8 Å². The molecule has 0 radical (unpaired) electrons. The molecule has 1 aliphatic rings. The summed E-state index contributed by atoms with van der Waals surface area (Å²) in [5.74, 6) is -0.931. The van der Waals surface area contributed by atoms with Crippen LogP contribution in [0.3, 0.4) is 0 Å². The quantitative estimate of drug-likeness (QED) is 0.837. The second-order valence-electron chi connectivity index (χ2n) is 5.48. The number of nitrogens with zero attached hydrogens (tertiary/aromatic N) is 2. The van der Waals surface area contributed by atoms with Gasteiger partial charge in [0.2, 0.25) is 0 Å². The molecule has 1 heterocycles. The minimum Gasteiger partial charge on any atom is -0.476 e. The summed E-state index contributed by atoms with van der Waals surface area (Å²) in [7, 11) is 0. The van der Waals surface area contributed by atoms with E-state index in [1.807, 2.05) is 29.8 Å². The van der Waals surface area contributed by atoms with Gasteiger partial charge in [-0.1, -0.05) is 28.4 Å². The standard InChI is InChI=1S/C16H17BrN2O2/c1-10-7-8-11(17)9-14(10)19-13-6-4-2-3-5-12(13)15(18-19)16(20)21/h7-9H,2-6H2,1H3,(H,20,21). The average molecular weight is 349 g/mol. The van der Waals surface area contributed by atoms with E-state index in [-0.39, 0.29) is 5.69 Å². The summed E-state index contributed by atoms with van der Waals surface area (Å²) in [6, 6.07) is 6.00. The fourth-order valence-electron chi connectivity index (χ4n) is 2.96. The van der Waals surface area contributed by atoms with Crippen LogP contribution in [0.1, 0.15) is 46.6 Å². The maximum Gasteiger partial charge on any atom is 0.356 e. The first-order chi connectivity index (χ1) is 10.1. The maximum atomic E-state index is 11.5. The molecule has 3 rings (SSSR count). The number of carboxylic acids is 1. The molecule has 0 saturated carbocycles. The number of halogens is 1. The summed E-state index contributed by atoms with van der Waals surface area (Å²) in [6.07, 6.45) is 4.97. The van der Waals surface area contributed by atoms with Crippen molar-refractivity contribution in [3.8, 4) is 5.69 Å². The number of hydrogen-bond donors (Lipinski definition) is 1. The van der Waals surface area contributed by atoms with Crippen molar-refractivity contribution in [3.05, 3.63) is 45.2 Å². The molecule has 0 amide bonds. The first-order valence-corrected chi connectivity index (χ1v) is 7.98. The van der Waals surface area contributed by atoms with Crippen LogP contribution >= 0.6 is 15.9 Å². The predicted molar refractivity (Wildman–Crippen MR) is 84.2 cm³/mol. The van der Waals surface area contributed by atoms with Crippen molar-refractivity contribution in [1.29, 1.82) is 0 Å². The van der Waals surface area contributed by atoms with E-state index in [4.69, 9.17) is 0 Å².